The molecule has 2 amide bonds. The number of hydrogen-bond acceptors (Lipinski definition) is 5. The van der Waals surface area contributed by atoms with Gasteiger partial charge in [-0.3, -0.25) is 14.9 Å². The fourth-order valence-corrected chi connectivity index (χ4v) is 2.15. The smallest absolute Gasteiger partial charge is 0.338 e. The van der Waals surface area contributed by atoms with E-state index in [0.29, 0.717) is 0 Å². The van der Waals surface area contributed by atoms with Crippen molar-refractivity contribution in [2.75, 3.05) is 17.2 Å². The van der Waals surface area contributed by atoms with Gasteiger partial charge in [0, 0.05) is 6.07 Å². The fourth-order valence-electron chi connectivity index (χ4n) is 2.15. The number of nitrogens with zero attached hydrogens (tertiary/aromatic N) is 1. The van der Waals surface area contributed by atoms with Crippen molar-refractivity contribution < 1.29 is 23.9 Å². The van der Waals surface area contributed by atoms with E-state index in [1.807, 2.05) is 0 Å². The molecule has 112 valence electrons. The first-order chi connectivity index (χ1) is 9.64. The molecule has 8 heteroatoms. The summed E-state index contributed by atoms with van der Waals surface area (Å²) in [7, 11) is 0. The average Bonchev–Trinajstić information content (AvgIpc) is 2.36. The Labute approximate surface area is 119 Å². The average molecular weight is 295 g/mol. The predicted octanol–water partition coefficient (Wildman–Crippen LogP) is 0.347. The lowest BCUT2D eigenvalue weighted by Gasteiger charge is -2.42. The summed E-state index contributed by atoms with van der Waals surface area (Å²) < 4.78 is 13.8. The number of halogens is 1. The minimum absolute atomic E-state index is 0.0237. The number of piperazine rings is 1. The van der Waals surface area contributed by atoms with Crippen molar-refractivity contribution >= 4 is 29.2 Å². The topological polar surface area (TPSA) is 113 Å². The number of nitrogen functional groups attached to an aromatic ring is 1. The number of amides is 2. The molecule has 1 saturated heterocycles. The summed E-state index contributed by atoms with van der Waals surface area (Å²) in [6.45, 7) is 2.92. The first-order valence-corrected chi connectivity index (χ1v) is 6.09. The zero-order valence-corrected chi connectivity index (χ0v) is 11.4. The monoisotopic (exact) mass is 295 g/mol. The number of carboxylic acids is 1. The van der Waals surface area contributed by atoms with Gasteiger partial charge < -0.3 is 15.7 Å². The summed E-state index contributed by atoms with van der Waals surface area (Å²) in [6.07, 6.45) is 0. The van der Waals surface area contributed by atoms with Crippen LogP contribution in [0.1, 0.15) is 24.2 Å². The van der Waals surface area contributed by atoms with Gasteiger partial charge in [0.1, 0.15) is 11.4 Å². The van der Waals surface area contributed by atoms with E-state index in [1.165, 1.54) is 4.90 Å². The van der Waals surface area contributed by atoms with E-state index in [-0.39, 0.29) is 17.9 Å². The molecule has 0 aliphatic carbocycles. The summed E-state index contributed by atoms with van der Waals surface area (Å²) in [5, 5.41) is 11.0. The van der Waals surface area contributed by atoms with Crippen LogP contribution in [-0.2, 0) is 9.59 Å². The second-order valence-corrected chi connectivity index (χ2v) is 5.22. The second kappa shape index (κ2) is 4.72. The molecule has 2 rings (SSSR count). The standard InChI is InChI=1S/C13H14FN3O4/c1-13(2)12(21)16-10(18)5-17(13)9-4-7(14)6(11(19)20)3-8(9)15/h3-4H,5,15H2,1-2H3,(H,19,20)(H,16,18,21). The van der Waals surface area contributed by atoms with Gasteiger partial charge in [0.2, 0.25) is 5.91 Å². The Kier molecular flexibility index (Phi) is 3.32. The first-order valence-electron chi connectivity index (χ1n) is 6.09. The Morgan fingerprint density at radius 1 is 1.43 bits per heavy atom. The van der Waals surface area contributed by atoms with Gasteiger partial charge in [-0.25, -0.2) is 9.18 Å². The lowest BCUT2D eigenvalue weighted by atomic mass is 9.97. The van der Waals surface area contributed by atoms with Crippen molar-refractivity contribution in [2.45, 2.75) is 19.4 Å². The number of hydrogen-bond donors (Lipinski definition) is 3. The van der Waals surface area contributed by atoms with E-state index < -0.39 is 34.7 Å². The predicted molar refractivity (Wildman–Crippen MR) is 72.3 cm³/mol. The van der Waals surface area contributed by atoms with Crippen LogP contribution in [0.15, 0.2) is 12.1 Å². The lowest BCUT2D eigenvalue weighted by molar-refractivity contribution is -0.135. The molecule has 0 bridgehead atoms. The van der Waals surface area contributed by atoms with Gasteiger partial charge in [0.25, 0.3) is 5.91 Å². The number of benzene rings is 1. The molecule has 0 spiro atoms. The molecule has 1 aromatic carbocycles. The molecule has 4 N–H and O–H groups in total. The van der Waals surface area contributed by atoms with Gasteiger partial charge in [-0.1, -0.05) is 0 Å². The van der Waals surface area contributed by atoms with Gasteiger partial charge in [0.15, 0.2) is 0 Å². The number of anilines is 2. The molecule has 0 saturated carbocycles. The van der Waals surface area contributed by atoms with Gasteiger partial charge >= 0.3 is 5.97 Å². The first kappa shape index (κ1) is 14.8. The molecule has 0 aromatic heterocycles. The SMILES string of the molecule is CC1(C)C(=O)NC(=O)CN1c1cc(F)c(C(=O)O)cc1N. The minimum atomic E-state index is -1.45. The largest absolute Gasteiger partial charge is 0.478 e. The van der Waals surface area contributed by atoms with Gasteiger partial charge in [-0.15, -0.1) is 0 Å². The highest BCUT2D eigenvalue weighted by Crippen LogP contribution is 2.33. The molecule has 1 aliphatic rings. The van der Waals surface area contributed by atoms with E-state index in [1.54, 1.807) is 13.8 Å². The van der Waals surface area contributed by atoms with Crippen molar-refractivity contribution in [1.29, 1.82) is 0 Å². The highest BCUT2D eigenvalue weighted by Gasteiger charge is 2.42. The maximum Gasteiger partial charge on any atom is 0.338 e. The van der Waals surface area contributed by atoms with Crippen LogP contribution in [0.25, 0.3) is 0 Å². The Hall–Kier alpha value is -2.64. The number of nitrogens with one attached hydrogen (secondary N) is 1. The number of carbonyl (C=O) groups is 3. The minimum Gasteiger partial charge on any atom is -0.478 e. The van der Waals surface area contributed by atoms with Crippen molar-refractivity contribution in [3.8, 4) is 0 Å². The Morgan fingerprint density at radius 2 is 2.05 bits per heavy atom. The second-order valence-electron chi connectivity index (χ2n) is 5.22. The molecule has 1 aromatic rings. The molecule has 7 nitrogen and oxygen atoms in total. The molecule has 1 heterocycles. The maximum absolute atomic E-state index is 13.8. The van der Waals surface area contributed by atoms with Gasteiger partial charge in [-0.2, -0.15) is 0 Å². The Bertz CT molecular complexity index is 657. The fraction of sp³-hybridized carbons (Fsp3) is 0.308. The lowest BCUT2D eigenvalue weighted by Crippen LogP contribution is -2.64. The Balaban J connectivity index is 2.55. The highest BCUT2D eigenvalue weighted by atomic mass is 19.1. The van der Waals surface area contributed by atoms with Crippen molar-refractivity contribution in [3.05, 3.63) is 23.5 Å². The molecule has 0 atom stereocenters. The summed E-state index contributed by atoms with van der Waals surface area (Å²) in [4.78, 5) is 35.6. The summed E-state index contributed by atoms with van der Waals surface area (Å²) in [6, 6.07) is 1.90. The van der Waals surface area contributed by atoms with E-state index in [0.717, 1.165) is 12.1 Å². The van der Waals surface area contributed by atoms with Crippen LogP contribution in [0.4, 0.5) is 15.8 Å². The number of carbonyl (C=O) groups excluding carboxylic acids is 2. The molecule has 0 unspecified atom stereocenters. The molecular formula is C13H14FN3O4. The summed E-state index contributed by atoms with van der Waals surface area (Å²) in [5.41, 5.74) is 4.14. The molecule has 21 heavy (non-hydrogen) atoms. The van der Waals surface area contributed by atoms with Crippen molar-refractivity contribution in [2.24, 2.45) is 0 Å². The zero-order chi connectivity index (χ0) is 15.9. The maximum atomic E-state index is 13.8. The highest BCUT2D eigenvalue weighted by molar-refractivity contribution is 6.07. The van der Waals surface area contributed by atoms with Crippen molar-refractivity contribution in [1.82, 2.24) is 5.32 Å². The summed E-state index contributed by atoms with van der Waals surface area (Å²) in [5.74, 6) is -3.51. The molecular weight excluding hydrogens is 281 g/mol. The van der Waals surface area contributed by atoms with Crippen LogP contribution in [0, 0.1) is 5.82 Å². The number of carboxylic acid groups (broad SMARTS) is 1. The third kappa shape index (κ3) is 2.39. The van der Waals surface area contributed by atoms with Gasteiger partial charge in [-0.05, 0) is 19.9 Å². The molecule has 1 aliphatic heterocycles. The number of nitrogens with two attached hydrogens (primary N) is 1. The van der Waals surface area contributed by atoms with Crippen LogP contribution in [-0.4, -0.2) is 35.0 Å². The molecule has 0 radical (unpaired) electrons. The van der Waals surface area contributed by atoms with E-state index >= 15 is 0 Å². The summed E-state index contributed by atoms with van der Waals surface area (Å²) >= 11 is 0. The van der Waals surface area contributed by atoms with Crippen LogP contribution >= 0.6 is 0 Å². The van der Waals surface area contributed by atoms with E-state index in [4.69, 9.17) is 10.8 Å². The quantitative estimate of drug-likeness (QED) is 0.536. The number of aromatic carboxylic acids is 1. The van der Waals surface area contributed by atoms with Crippen LogP contribution in [0.2, 0.25) is 0 Å². The van der Waals surface area contributed by atoms with Crippen LogP contribution < -0.4 is 16.0 Å². The van der Waals surface area contributed by atoms with E-state index in [2.05, 4.69) is 5.32 Å². The molecule has 1 fully saturated rings. The third-order valence-electron chi connectivity index (χ3n) is 3.42. The number of imide groups is 1. The van der Waals surface area contributed by atoms with Crippen molar-refractivity contribution in [3.63, 3.8) is 0 Å². The normalized spacial score (nSPS) is 17.6. The van der Waals surface area contributed by atoms with Crippen LogP contribution in [0.3, 0.4) is 0 Å². The number of rotatable bonds is 2. The third-order valence-corrected chi connectivity index (χ3v) is 3.42. The van der Waals surface area contributed by atoms with Gasteiger partial charge in [0.05, 0.1) is 23.5 Å². The van der Waals surface area contributed by atoms with Crippen LogP contribution in [0.5, 0.6) is 0 Å². The zero-order valence-electron chi connectivity index (χ0n) is 11.4. The van der Waals surface area contributed by atoms with E-state index in [9.17, 15) is 18.8 Å². The Morgan fingerprint density at radius 3 is 2.62 bits per heavy atom.